The van der Waals surface area contributed by atoms with Gasteiger partial charge in [-0.1, -0.05) is 17.8 Å². The molecule has 5 nitrogen and oxygen atoms in total. The van der Waals surface area contributed by atoms with Gasteiger partial charge in [0.1, 0.15) is 5.75 Å². The minimum absolute atomic E-state index is 0.119. The first-order valence-electron chi connectivity index (χ1n) is 6.07. The molecule has 2 aromatic rings. The van der Waals surface area contributed by atoms with Crippen LogP contribution in [-0.2, 0) is 4.79 Å². The molecule has 104 valence electrons. The molecule has 0 bridgehead atoms. The Morgan fingerprint density at radius 2 is 1.95 bits per heavy atom. The Balaban J connectivity index is 1.92. The molecule has 1 heterocycles. The normalized spacial score (nSPS) is 10.3. The van der Waals surface area contributed by atoms with Crippen molar-refractivity contribution in [3.63, 3.8) is 0 Å². The summed E-state index contributed by atoms with van der Waals surface area (Å²) in [5, 5.41) is 12.6. The van der Waals surface area contributed by atoms with E-state index in [1.54, 1.807) is 18.2 Å². The molecule has 0 spiro atoms. The van der Waals surface area contributed by atoms with E-state index in [-0.39, 0.29) is 17.4 Å². The molecule has 0 aliphatic heterocycles. The summed E-state index contributed by atoms with van der Waals surface area (Å²) in [4.78, 5) is 20.3. The maximum absolute atomic E-state index is 11.8. The zero-order chi connectivity index (χ0) is 14.5. The summed E-state index contributed by atoms with van der Waals surface area (Å²) < 4.78 is 0. The van der Waals surface area contributed by atoms with Crippen molar-refractivity contribution in [2.24, 2.45) is 0 Å². The Kier molecular flexibility index (Phi) is 4.57. The molecule has 0 atom stereocenters. The number of benzene rings is 1. The Bertz CT molecular complexity index is 611. The van der Waals surface area contributed by atoms with Crippen molar-refractivity contribution >= 4 is 23.4 Å². The number of nitrogens with one attached hydrogen (secondary N) is 1. The first kappa shape index (κ1) is 14.3. The van der Waals surface area contributed by atoms with Crippen molar-refractivity contribution in [1.29, 1.82) is 0 Å². The van der Waals surface area contributed by atoms with Gasteiger partial charge >= 0.3 is 0 Å². The van der Waals surface area contributed by atoms with Crippen LogP contribution in [0, 0.1) is 13.8 Å². The fraction of sp³-hybridized carbons (Fsp3) is 0.214. The molecule has 1 amide bonds. The lowest BCUT2D eigenvalue weighted by atomic mass is 10.3. The van der Waals surface area contributed by atoms with Crippen LogP contribution in [0.4, 0.5) is 5.69 Å². The van der Waals surface area contributed by atoms with Crippen molar-refractivity contribution in [1.82, 2.24) is 9.97 Å². The number of thioether (sulfide) groups is 1. The van der Waals surface area contributed by atoms with E-state index in [0.29, 0.717) is 10.8 Å². The Labute approximate surface area is 121 Å². The highest BCUT2D eigenvalue weighted by Gasteiger charge is 2.06. The summed E-state index contributed by atoms with van der Waals surface area (Å²) in [7, 11) is 0. The van der Waals surface area contributed by atoms with Crippen LogP contribution in [0.3, 0.4) is 0 Å². The zero-order valence-electron chi connectivity index (χ0n) is 11.3. The predicted octanol–water partition coefficient (Wildman–Crippen LogP) is 2.53. The highest BCUT2D eigenvalue weighted by atomic mass is 32.2. The van der Waals surface area contributed by atoms with Gasteiger partial charge in [-0.05, 0) is 32.0 Å². The number of hydrogen-bond acceptors (Lipinski definition) is 5. The van der Waals surface area contributed by atoms with Gasteiger partial charge in [-0.25, -0.2) is 9.97 Å². The van der Waals surface area contributed by atoms with Gasteiger partial charge < -0.3 is 10.4 Å². The largest absolute Gasteiger partial charge is 0.508 e. The van der Waals surface area contributed by atoms with E-state index < -0.39 is 0 Å². The molecule has 1 aromatic heterocycles. The number of hydrogen-bond donors (Lipinski definition) is 2. The van der Waals surface area contributed by atoms with E-state index in [9.17, 15) is 9.90 Å². The van der Waals surface area contributed by atoms with Crippen LogP contribution >= 0.6 is 11.8 Å². The number of rotatable bonds is 4. The van der Waals surface area contributed by atoms with Crippen molar-refractivity contribution < 1.29 is 9.90 Å². The van der Waals surface area contributed by atoms with Gasteiger partial charge in [0.15, 0.2) is 5.16 Å². The van der Waals surface area contributed by atoms with Crippen molar-refractivity contribution in [2.75, 3.05) is 11.1 Å². The summed E-state index contributed by atoms with van der Waals surface area (Å²) in [5.74, 6) is 0.176. The average Bonchev–Trinajstić information content (AvgIpc) is 2.35. The molecule has 0 unspecified atom stereocenters. The van der Waals surface area contributed by atoms with E-state index in [4.69, 9.17) is 0 Å². The number of aromatic nitrogens is 2. The minimum Gasteiger partial charge on any atom is -0.508 e. The van der Waals surface area contributed by atoms with Crippen LogP contribution in [0.25, 0.3) is 0 Å². The molecule has 20 heavy (non-hydrogen) atoms. The van der Waals surface area contributed by atoms with Crippen LogP contribution in [-0.4, -0.2) is 26.7 Å². The van der Waals surface area contributed by atoms with Gasteiger partial charge in [0, 0.05) is 23.1 Å². The third-order valence-electron chi connectivity index (χ3n) is 2.42. The van der Waals surface area contributed by atoms with Crippen LogP contribution in [0.1, 0.15) is 11.4 Å². The van der Waals surface area contributed by atoms with Crippen LogP contribution in [0.15, 0.2) is 35.5 Å². The fourth-order valence-electron chi connectivity index (χ4n) is 1.67. The number of carbonyl (C=O) groups is 1. The van der Waals surface area contributed by atoms with Crippen molar-refractivity contribution in [2.45, 2.75) is 19.0 Å². The number of nitrogens with zero attached hydrogens (tertiary/aromatic N) is 2. The molecule has 0 saturated carbocycles. The molecule has 0 aliphatic carbocycles. The second-order valence-corrected chi connectivity index (χ2v) is 5.26. The number of aryl methyl sites for hydroxylation is 2. The first-order chi connectivity index (χ1) is 9.52. The van der Waals surface area contributed by atoms with E-state index >= 15 is 0 Å². The Morgan fingerprint density at radius 3 is 2.60 bits per heavy atom. The smallest absolute Gasteiger partial charge is 0.234 e. The Morgan fingerprint density at radius 1 is 1.25 bits per heavy atom. The quantitative estimate of drug-likeness (QED) is 0.668. The molecule has 0 aliphatic rings. The van der Waals surface area contributed by atoms with Crippen LogP contribution in [0.5, 0.6) is 5.75 Å². The fourth-order valence-corrected chi connectivity index (χ4v) is 2.42. The van der Waals surface area contributed by atoms with E-state index in [2.05, 4.69) is 15.3 Å². The lowest BCUT2D eigenvalue weighted by Gasteiger charge is -2.05. The molecule has 2 rings (SSSR count). The lowest BCUT2D eigenvalue weighted by Crippen LogP contribution is -2.14. The molecule has 0 saturated heterocycles. The van der Waals surface area contributed by atoms with Crippen LogP contribution < -0.4 is 5.32 Å². The third kappa shape index (κ3) is 4.24. The van der Waals surface area contributed by atoms with Gasteiger partial charge in [-0.3, -0.25) is 4.79 Å². The zero-order valence-corrected chi connectivity index (χ0v) is 12.1. The van der Waals surface area contributed by atoms with E-state index in [1.807, 2.05) is 19.9 Å². The summed E-state index contributed by atoms with van der Waals surface area (Å²) in [5.41, 5.74) is 2.33. The Hall–Kier alpha value is -2.08. The van der Waals surface area contributed by atoms with Crippen LogP contribution in [0.2, 0.25) is 0 Å². The monoisotopic (exact) mass is 289 g/mol. The molecule has 0 radical (unpaired) electrons. The number of phenols is 1. The number of phenolic OH excluding ortho intramolecular Hbond substituents is 1. The topological polar surface area (TPSA) is 75.1 Å². The highest BCUT2D eigenvalue weighted by molar-refractivity contribution is 7.99. The van der Waals surface area contributed by atoms with Gasteiger partial charge in [0.25, 0.3) is 0 Å². The molecule has 1 aromatic carbocycles. The maximum atomic E-state index is 11.8. The van der Waals surface area contributed by atoms with Gasteiger partial charge in [-0.2, -0.15) is 0 Å². The standard InChI is InChI=1S/C14H15N3O2S/c1-9-6-10(2)16-14(15-9)20-8-13(19)17-11-4-3-5-12(18)7-11/h3-7,18H,8H2,1-2H3,(H,17,19). The third-order valence-corrected chi connectivity index (χ3v) is 3.27. The van der Waals surface area contributed by atoms with Gasteiger partial charge in [0.2, 0.25) is 5.91 Å². The second-order valence-electron chi connectivity index (χ2n) is 4.32. The van der Waals surface area contributed by atoms with E-state index in [0.717, 1.165) is 11.4 Å². The number of anilines is 1. The highest BCUT2D eigenvalue weighted by Crippen LogP contribution is 2.17. The van der Waals surface area contributed by atoms with Crippen molar-refractivity contribution in [3.05, 3.63) is 41.7 Å². The molecular weight excluding hydrogens is 274 g/mol. The number of amides is 1. The minimum atomic E-state index is -0.164. The molecule has 0 fully saturated rings. The predicted molar refractivity (Wildman–Crippen MR) is 79.0 cm³/mol. The summed E-state index contributed by atoms with van der Waals surface area (Å²) >= 11 is 1.28. The summed E-state index contributed by atoms with van der Waals surface area (Å²) in [6.45, 7) is 3.79. The number of aromatic hydroxyl groups is 1. The van der Waals surface area contributed by atoms with E-state index in [1.165, 1.54) is 17.8 Å². The average molecular weight is 289 g/mol. The van der Waals surface area contributed by atoms with Crippen molar-refractivity contribution in [3.8, 4) is 5.75 Å². The maximum Gasteiger partial charge on any atom is 0.234 e. The summed E-state index contributed by atoms with van der Waals surface area (Å²) in [6, 6.07) is 8.32. The molecule has 6 heteroatoms. The van der Waals surface area contributed by atoms with Gasteiger partial charge in [-0.15, -0.1) is 0 Å². The number of carbonyl (C=O) groups excluding carboxylic acids is 1. The first-order valence-corrected chi connectivity index (χ1v) is 7.05. The molecular formula is C14H15N3O2S. The lowest BCUT2D eigenvalue weighted by molar-refractivity contribution is -0.113. The second kappa shape index (κ2) is 6.38. The summed E-state index contributed by atoms with van der Waals surface area (Å²) in [6.07, 6.45) is 0. The van der Waals surface area contributed by atoms with Gasteiger partial charge in [0.05, 0.1) is 5.75 Å². The SMILES string of the molecule is Cc1cc(C)nc(SCC(=O)Nc2cccc(O)c2)n1. The molecule has 2 N–H and O–H groups in total.